The lowest BCUT2D eigenvalue weighted by Crippen LogP contribution is -2.45. The topological polar surface area (TPSA) is 126 Å². The Labute approximate surface area is 251 Å². The van der Waals surface area contributed by atoms with E-state index in [9.17, 15) is 24.0 Å². The first-order valence-electron chi connectivity index (χ1n) is 13.8. The molecule has 10 nitrogen and oxygen atoms in total. The quantitative estimate of drug-likeness (QED) is 0.183. The van der Waals surface area contributed by atoms with Crippen molar-refractivity contribution in [2.24, 2.45) is 11.8 Å². The molecule has 2 heterocycles. The summed E-state index contributed by atoms with van der Waals surface area (Å²) in [4.78, 5) is 67.3. The lowest BCUT2D eigenvalue weighted by Gasteiger charge is -2.38. The number of ether oxygens (including phenoxy) is 4. The van der Waals surface area contributed by atoms with Gasteiger partial charge in [-0.15, -0.1) is 0 Å². The zero-order chi connectivity index (χ0) is 31.5. The molecular weight excluding hydrogens is 566 g/mol. The van der Waals surface area contributed by atoms with Crippen molar-refractivity contribution in [2.45, 2.75) is 71.6 Å². The molecule has 2 aliphatic heterocycles. The highest BCUT2D eigenvalue weighted by molar-refractivity contribution is 6.46. The van der Waals surface area contributed by atoms with E-state index in [1.807, 2.05) is 19.9 Å². The minimum absolute atomic E-state index is 0.0310. The van der Waals surface area contributed by atoms with Crippen LogP contribution in [0.3, 0.4) is 0 Å². The molecule has 0 aromatic heterocycles. The summed E-state index contributed by atoms with van der Waals surface area (Å²) in [5.74, 6) is -3.85. The summed E-state index contributed by atoms with van der Waals surface area (Å²) in [7, 11) is 3.95. The Hall–Kier alpha value is -3.50. The van der Waals surface area contributed by atoms with Crippen LogP contribution in [0.25, 0.3) is 0 Å². The van der Waals surface area contributed by atoms with E-state index in [0.717, 1.165) is 6.42 Å². The van der Waals surface area contributed by atoms with Crippen molar-refractivity contribution in [2.75, 3.05) is 21.3 Å². The molecule has 1 aliphatic carbocycles. The Kier molecular flexibility index (Phi) is 10.4. The normalized spacial score (nSPS) is 23.0. The Morgan fingerprint density at radius 3 is 2.36 bits per heavy atom. The molecule has 3 rings (SSSR count). The van der Waals surface area contributed by atoms with Gasteiger partial charge in [0.1, 0.15) is 11.6 Å². The molecule has 0 amide bonds. The summed E-state index contributed by atoms with van der Waals surface area (Å²) in [6.07, 6.45) is 7.20. The number of hydrogen-bond donors (Lipinski definition) is 0. The first-order valence-corrected chi connectivity index (χ1v) is 14.2. The Balaban J connectivity index is 2.33. The number of ketones is 2. The Morgan fingerprint density at radius 2 is 1.79 bits per heavy atom. The molecule has 0 saturated carbocycles. The van der Waals surface area contributed by atoms with Crippen LogP contribution in [0.1, 0.15) is 53.9 Å². The molecule has 0 spiro atoms. The average molecular weight is 604 g/mol. The van der Waals surface area contributed by atoms with E-state index >= 15 is 0 Å². The van der Waals surface area contributed by atoms with Gasteiger partial charge < -0.3 is 23.8 Å². The number of halogens is 1. The van der Waals surface area contributed by atoms with E-state index in [1.165, 1.54) is 28.3 Å². The lowest BCUT2D eigenvalue weighted by atomic mass is 9.74. The molecule has 11 heteroatoms. The maximum atomic E-state index is 13.7. The van der Waals surface area contributed by atoms with E-state index in [1.54, 1.807) is 37.1 Å². The van der Waals surface area contributed by atoms with E-state index in [-0.39, 0.29) is 46.1 Å². The molecule has 0 N–H and O–H groups in total. The van der Waals surface area contributed by atoms with Crippen molar-refractivity contribution in [3.8, 4) is 0 Å². The Morgan fingerprint density at radius 1 is 1.12 bits per heavy atom. The van der Waals surface area contributed by atoms with Gasteiger partial charge in [0.15, 0.2) is 11.4 Å². The smallest absolute Gasteiger partial charge is 0.343 e. The molecule has 0 aromatic rings. The van der Waals surface area contributed by atoms with Gasteiger partial charge in [0.2, 0.25) is 5.78 Å². The third kappa shape index (κ3) is 6.01. The van der Waals surface area contributed by atoms with E-state index in [0.29, 0.717) is 5.70 Å². The third-order valence-electron chi connectivity index (χ3n) is 8.15. The van der Waals surface area contributed by atoms with Gasteiger partial charge in [-0.1, -0.05) is 44.9 Å². The molecular formula is C31H38ClNO9. The zero-order valence-electron chi connectivity index (χ0n) is 25.2. The molecule has 5 atom stereocenters. The maximum absolute atomic E-state index is 13.7. The van der Waals surface area contributed by atoms with Gasteiger partial charge in [0.05, 0.1) is 25.4 Å². The standard InChI is InChI=1S/C31H38ClNO9/c1-9-16(2)10-11-19-14-20-21(15-33(19)22(29(37)41-8)12-13-23(34)40-7)25-24(27(35)17(3)18(4)39-6)30(38)42-31(25,5)28(36)26(20)32/h10-11,14-18,22H,9,12-13H2,1-8H3/b11-10+/t16-,17-,18+,22-,31-/m0/s1. The summed E-state index contributed by atoms with van der Waals surface area (Å²) in [5.41, 5.74) is -1.01. The van der Waals surface area contributed by atoms with Gasteiger partial charge in [0.25, 0.3) is 0 Å². The molecule has 3 aliphatic rings. The molecule has 0 unspecified atom stereocenters. The van der Waals surface area contributed by atoms with Gasteiger partial charge in [-0.25, -0.2) is 9.59 Å². The molecule has 0 fully saturated rings. The molecule has 0 bridgehead atoms. The van der Waals surface area contributed by atoms with Gasteiger partial charge >= 0.3 is 17.9 Å². The zero-order valence-corrected chi connectivity index (χ0v) is 26.0. The number of allylic oxidation sites excluding steroid dienone is 4. The first-order chi connectivity index (χ1) is 19.8. The molecule has 0 radical (unpaired) electrons. The second-order valence-corrected chi connectivity index (χ2v) is 11.1. The number of hydrogen-bond acceptors (Lipinski definition) is 10. The highest BCUT2D eigenvalue weighted by Crippen LogP contribution is 2.50. The van der Waals surface area contributed by atoms with Gasteiger partial charge in [-0.05, 0) is 38.3 Å². The van der Waals surface area contributed by atoms with Crippen LogP contribution in [0.4, 0.5) is 0 Å². The molecule has 42 heavy (non-hydrogen) atoms. The van der Waals surface area contributed by atoms with Crippen LogP contribution in [0.15, 0.2) is 57.4 Å². The van der Waals surface area contributed by atoms with Gasteiger partial charge in [-0.2, -0.15) is 0 Å². The van der Waals surface area contributed by atoms with Crippen molar-refractivity contribution in [3.63, 3.8) is 0 Å². The number of rotatable bonds is 12. The van der Waals surface area contributed by atoms with Crippen molar-refractivity contribution in [3.05, 3.63) is 57.4 Å². The van der Waals surface area contributed by atoms with Crippen molar-refractivity contribution >= 4 is 41.1 Å². The Bertz CT molecular complexity index is 1340. The van der Waals surface area contributed by atoms with E-state index < -0.39 is 53.1 Å². The number of Topliss-reactive ketones (excluding diaryl/α,β-unsaturated/α-hetero) is 2. The van der Waals surface area contributed by atoms with Crippen molar-refractivity contribution < 1.29 is 42.9 Å². The summed E-state index contributed by atoms with van der Waals surface area (Å²) < 4.78 is 20.8. The fraction of sp³-hybridized carbons (Fsp3) is 0.516. The highest BCUT2D eigenvalue weighted by Gasteiger charge is 2.57. The second kappa shape index (κ2) is 13.2. The maximum Gasteiger partial charge on any atom is 0.343 e. The second-order valence-electron chi connectivity index (χ2n) is 10.7. The monoisotopic (exact) mass is 603 g/mol. The van der Waals surface area contributed by atoms with Crippen LogP contribution in [0, 0.1) is 11.8 Å². The third-order valence-corrected chi connectivity index (χ3v) is 8.52. The molecule has 228 valence electrons. The van der Waals surface area contributed by atoms with Crippen LogP contribution < -0.4 is 0 Å². The SMILES string of the molecule is CC[C@H](C)/C=C/C1=CC2=C(Cl)C(=O)[C@@]3(C)OC(=O)C(C(=O)[C@@H](C)[C@@H](C)OC)=C3C2=CN1[C@@H](CCC(=O)OC)C(=O)OC. The van der Waals surface area contributed by atoms with Gasteiger partial charge in [-0.3, -0.25) is 14.4 Å². The fourth-order valence-electron chi connectivity index (χ4n) is 5.01. The van der Waals surface area contributed by atoms with E-state index in [4.69, 9.17) is 30.5 Å². The number of methoxy groups -OCH3 is 3. The number of carbonyl (C=O) groups is 5. The first kappa shape index (κ1) is 33.0. The van der Waals surface area contributed by atoms with Crippen LogP contribution in [0.5, 0.6) is 0 Å². The van der Waals surface area contributed by atoms with Crippen molar-refractivity contribution in [1.29, 1.82) is 0 Å². The van der Waals surface area contributed by atoms with E-state index in [2.05, 4.69) is 0 Å². The van der Waals surface area contributed by atoms with Crippen LogP contribution in [-0.4, -0.2) is 73.5 Å². The van der Waals surface area contributed by atoms with Gasteiger partial charge in [0, 0.05) is 48.1 Å². The molecule has 0 saturated heterocycles. The van der Waals surface area contributed by atoms with Crippen LogP contribution in [-0.2, 0) is 42.9 Å². The predicted molar refractivity (Wildman–Crippen MR) is 154 cm³/mol. The fourth-order valence-corrected chi connectivity index (χ4v) is 5.35. The average Bonchev–Trinajstić information content (AvgIpc) is 3.27. The minimum Gasteiger partial charge on any atom is -0.469 e. The number of carbonyl (C=O) groups excluding carboxylic acids is 5. The summed E-state index contributed by atoms with van der Waals surface area (Å²) in [6, 6.07) is -0.996. The summed E-state index contributed by atoms with van der Waals surface area (Å²) in [6.45, 7) is 8.77. The van der Waals surface area contributed by atoms with Crippen molar-refractivity contribution in [1.82, 2.24) is 4.90 Å². The number of esters is 3. The number of fused-ring (bicyclic) bond motifs is 3. The molecule has 0 aromatic carbocycles. The lowest BCUT2D eigenvalue weighted by molar-refractivity contribution is -0.153. The number of nitrogens with zero attached hydrogens (tertiary/aromatic N) is 1. The summed E-state index contributed by atoms with van der Waals surface area (Å²) in [5, 5.41) is -0.175. The highest BCUT2D eigenvalue weighted by atomic mass is 35.5. The summed E-state index contributed by atoms with van der Waals surface area (Å²) >= 11 is 6.63. The minimum atomic E-state index is -1.86. The van der Waals surface area contributed by atoms with Crippen LogP contribution >= 0.6 is 11.6 Å². The van der Waals surface area contributed by atoms with Crippen LogP contribution in [0.2, 0.25) is 0 Å². The largest absolute Gasteiger partial charge is 0.469 e. The predicted octanol–water partition coefficient (Wildman–Crippen LogP) is 4.09.